The fraction of sp³-hybridized carbons (Fsp3) is 0.375. The van der Waals surface area contributed by atoms with Gasteiger partial charge >= 0.3 is 0 Å². The number of aryl methyl sites for hydroxylation is 1. The Kier molecular flexibility index (Phi) is 4.71. The van der Waals surface area contributed by atoms with Crippen LogP contribution in [0.3, 0.4) is 0 Å². The Bertz CT molecular complexity index is 792. The Balaban J connectivity index is 1.72. The molecule has 0 radical (unpaired) electrons. The van der Waals surface area contributed by atoms with Crippen LogP contribution in [-0.2, 0) is 6.42 Å². The van der Waals surface area contributed by atoms with Crippen LogP contribution < -0.4 is 4.90 Å². The van der Waals surface area contributed by atoms with Crippen molar-refractivity contribution in [2.24, 2.45) is 0 Å². The second-order valence-electron chi connectivity index (χ2n) is 5.43. The van der Waals surface area contributed by atoms with Gasteiger partial charge in [0.1, 0.15) is 22.3 Å². The Morgan fingerprint density at radius 1 is 1.38 bits per heavy atom. The summed E-state index contributed by atoms with van der Waals surface area (Å²) in [5, 5.41) is 13.1. The molecule has 8 heteroatoms. The maximum atomic E-state index is 13.8. The molecule has 1 aliphatic rings. The van der Waals surface area contributed by atoms with Gasteiger partial charge in [0.05, 0.1) is 11.4 Å². The van der Waals surface area contributed by atoms with Gasteiger partial charge in [-0.3, -0.25) is 4.79 Å². The number of nitrogens with zero attached hydrogens (tertiary/aromatic N) is 5. The molecule has 1 aliphatic heterocycles. The predicted octanol–water partition coefficient (Wildman–Crippen LogP) is 2.07. The molecular weight excluding hydrogens is 329 g/mol. The standard InChI is InChI=1S/C16H16FN5OS/c1-2-13-15(24-20-19-13)16(23)22-8-6-21(7-9-22)14-5-3-4-12(17)11(14)10-18/h3-5H,2,6-9H2,1H3. The molecule has 24 heavy (non-hydrogen) atoms. The number of amides is 1. The summed E-state index contributed by atoms with van der Waals surface area (Å²) in [5.41, 5.74) is 1.36. The van der Waals surface area contributed by atoms with Crippen molar-refractivity contribution in [2.75, 3.05) is 31.1 Å². The number of halogens is 1. The SMILES string of the molecule is CCc1nnsc1C(=O)N1CCN(c2cccc(F)c2C#N)CC1. The van der Waals surface area contributed by atoms with Crippen LogP contribution in [0.4, 0.5) is 10.1 Å². The lowest BCUT2D eigenvalue weighted by Gasteiger charge is -2.36. The van der Waals surface area contributed by atoms with Gasteiger partial charge in [0.15, 0.2) is 0 Å². The summed E-state index contributed by atoms with van der Waals surface area (Å²) < 4.78 is 17.6. The predicted molar refractivity (Wildman–Crippen MR) is 88.5 cm³/mol. The average Bonchev–Trinajstić information content (AvgIpc) is 3.09. The van der Waals surface area contributed by atoms with Crippen molar-refractivity contribution in [3.05, 3.63) is 40.2 Å². The summed E-state index contributed by atoms with van der Waals surface area (Å²) in [7, 11) is 0. The molecule has 124 valence electrons. The molecule has 0 saturated carbocycles. The Labute approximate surface area is 143 Å². The molecule has 0 N–H and O–H groups in total. The lowest BCUT2D eigenvalue weighted by Crippen LogP contribution is -2.49. The number of anilines is 1. The number of carbonyl (C=O) groups is 1. The second-order valence-corrected chi connectivity index (χ2v) is 6.18. The summed E-state index contributed by atoms with van der Waals surface area (Å²) in [6, 6.07) is 6.54. The van der Waals surface area contributed by atoms with Crippen molar-refractivity contribution in [2.45, 2.75) is 13.3 Å². The highest BCUT2D eigenvalue weighted by Crippen LogP contribution is 2.24. The Morgan fingerprint density at radius 2 is 2.12 bits per heavy atom. The van der Waals surface area contributed by atoms with E-state index in [0.717, 1.165) is 17.2 Å². The van der Waals surface area contributed by atoms with Gasteiger partial charge < -0.3 is 9.80 Å². The van der Waals surface area contributed by atoms with E-state index in [4.69, 9.17) is 5.26 Å². The third-order valence-corrected chi connectivity index (χ3v) is 4.85. The van der Waals surface area contributed by atoms with Crippen LogP contribution in [0.2, 0.25) is 0 Å². The number of carbonyl (C=O) groups excluding carboxylic acids is 1. The number of benzene rings is 1. The van der Waals surface area contributed by atoms with Crippen LogP contribution in [0, 0.1) is 17.1 Å². The zero-order chi connectivity index (χ0) is 17.1. The van der Waals surface area contributed by atoms with Crippen molar-refractivity contribution in [1.29, 1.82) is 5.26 Å². The largest absolute Gasteiger partial charge is 0.367 e. The van der Waals surface area contributed by atoms with Crippen molar-refractivity contribution in [3.8, 4) is 6.07 Å². The molecule has 1 aromatic heterocycles. The lowest BCUT2D eigenvalue weighted by atomic mass is 10.1. The van der Waals surface area contributed by atoms with Crippen molar-refractivity contribution in [3.63, 3.8) is 0 Å². The van der Waals surface area contributed by atoms with E-state index < -0.39 is 5.82 Å². The zero-order valence-corrected chi connectivity index (χ0v) is 14.0. The van der Waals surface area contributed by atoms with E-state index in [9.17, 15) is 9.18 Å². The first-order chi connectivity index (χ1) is 11.7. The fourth-order valence-corrected chi connectivity index (χ4v) is 3.50. The molecule has 1 saturated heterocycles. The Hall–Kier alpha value is -2.53. The molecule has 3 rings (SSSR count). The van der Waals surface area contributed by atoms with E-state index in [2.05, 4.69) is 9.59 Å². The van der Waals surface area contributed by atoms with Gasteiger partial charge in [-0.15, -0.1) is 5.10 Å². The van der Waals surface area contributed by atoms with E-state index >= 15 is 0 Å². The molecule has 6 nitrogen and oxygen atoms in total. The maximum Gasteiger partial charge on any atom is 0.267 e. The minimum absolute atomic E-state index is 0.0530. The van der Waals surface area contributed by atoms with Gasteiger partial charge in [-0.1, -0.05) is 17.5 Å². The molecule has 2 heterocycles. The van der Waals surface area contributed by atoms with Crippen LogP contribution in [0.5, 0.6) is 0 Å². The van der Waals surface area contributed by atoms with Crippen LogP contribution in [0.25, 0.3) is 0 Å². The van der Waals surface area contributed by atoms with Crippen molar-refractivity contribution < 1.29 is 9.18 Å². The molecular formula is C16H16FN5OS. The Morgan fingerprint density at radius 3 is 2.79 bits per heavy atom. The summed E-state index contributed by atoms with van der Waals surface area (Å²) in [6.45, 7) is 4.08. The first-order valence-corrected chi connectivity index (χ1v) is 8.47. The molecule has 0 bridgehead atoms. The number of rotatable bonds is 3. The molecule has 0 unspecified atom stereocenters. The van der Waals surface area contributed by atoms with Crippen molar-refractivity contribution in [1.82, 2.24) is 14.5 Å². The summed E-state index contributed by atoms with van der Waals surface area (Å²) in [6.07, 6.45) is 0.673. The normalized spacial score (nSPS) is 14.5. The highest BCUT2D eigenvalue weighted by atomic mass is 32.1. The minimum atomic E-state index is -0.517. The first kappa shape index (κ1) is 16.3. The van der Waals surface area contributed by atoms with Gasteiger partial charge in [0, 0.05) is 26.2 Å². The van der Waals surface area contributed by atoms with Gasteiger partial charge in [0.25, 0.3) is 5.91 Å². The maximum absolute atomic E-state index is 13.8. The van der Waals surface area contributed by atoms with Crippen molar-refractivity contribution >= 4 is 23.1 Å². The number of nitriles is 1. The fourth-order valence-electron chi connectivity index (χ4n) is 2.78. The molecule has 1 amide bonds. The number of piperazine rings is 1. The third-order valence-electron chi connectivity index (χ3n) is 4.10. The third kappa shape index (κ3) is 2.95. The molecule has 0 aliphatic carbocycles. The summed E-state index contributed by atoms with van der Waals surface area (Å²) in [5.74, 6) is -0.571. The topological polar surface area (TPSA) is 73.1 Å². The lowest BCUT2D eigenvalue weighted by molar-refractivity contribution is 0.0750. The molecule has 1 fully saturated rings. The molecule has 2 aromatic rings. The second kappa shape index (κ2) is 6.93. The molecule has 0 spiro atoms. The van der Waals surface area contributed by atoms with E-state index in [1.165, 1.54) is 6.07 Å². The number of hydrogen-bond acceptors (Lipinski definition) is 6. The smallest absolute Gasteiger partial charge is 0.267 e. The van der Waals surface area contributed by atoms with Gasteiger partial charge in [-0.05, 0) is 30.1 Å². The monoisotopic (exact) mass is 345 g/mol. The quantitative estimate of drug-likeness (QED) is 0.851. The minimum Gasteiger partial charge on any atom is -0.367 e. The van der Waals surface area contributed by atoms with Gasteiger partial charge in [-0.25, -0.2) is 4.39 Å². The number of aromatic nitrogens is 2. The summed E-state index contributed by atoms with van der Waals surface area (Å²) >= 11 is 1.12. The van der Waals surface area contributed by atoms with Gasteiger partial charge in [-0.2, -0.15) is 5.26 Å². The van der Waals surface area contributed by atoms with Crippen LogP contribution >= 0.6 is 11.5 Å². The highest BCUT2D eigenvalue weighted by Gasteiger charge is 2.26. The van der Waals surface area contributed by atoms with E-state index in [0.29, 0.717) is 43.2 Å². The van der Waals surface area contributed by atoms with Gasteiger partial charge in [0.2, 0.25) is 0 Å². The van der Waals surface area contributed by atoms with Crippen LogP contribution in [0.15, 0.2) is 18.2 Å². The molecule has 0 atom stereocenters. The highest BCUT2D eigenvalue weighted by molar-refractivity contribution is 7.08. The van der Waals surface area contributed by atoms with Crippen LogP contribution in [-0.4, -0.2) is 46.6 Å². The zero-order valence-electron chi connectivity index (χ0n) is 13.2. The van der Waals surface area contributed by atoms with E-state index in [1.807, 2.05) is 17.9 Å². The number of hydrogen-bond donors (Lipinski definition) is 0. The van der Waals surface area contributed by atoms with E-state index in [-0.39, 0.29) is 11.5 Å². The average molecular weight is 345 g/mol. The van der Waals surface area contributed by atoms with E-state index in [1.54, 1.807) is 17.0 Å². The van der Waals surface area contributed by atoms with Crippen LogP contribution in [0.1, 0.15) is 27.9 Å². The first-order valence-electron chi connectivity index (χ1n) is 7.69. The molecule has 1 aromatic carbocycles. The summed E-state index contributed by atoms with van der Waals surface area (Å²) in [4.78, 5) is 16.9.